The maximum Gasteiger partial charge on any atom is 0.324 e. The van der Waals surface area contributed by atoms with Crippen LogP contribution in [0.3, 0.4) is 0 Å². The van der Waals surface area contributed by atoms with Crippen molar-refractivity contribution in [3.05, 3.63) is 35.9 Å². The van der Waals surface area contributed by atoms with Crippen LogP contribution in [0.25, 0.3) is 5.76 Å². The van der Waals surface area contributed by atoms with Gasteiger partial charge in [0.1, 0.15) is 0 Å². The standard InChI is InChI=1S/C8H6ClN5O4S/c9-19(17,18)14-2-1-5(4-14)6(15)3-7(16)8-10-12-13-11-8/h1-4,16H,(H,10,11,12,13). The second kappa shape index (κ2) is 4.82. The fourth-order valence-electron chi connectivity index (χ4n) is 1.20. The zero-order valence-corrected chi connectivity index (χ0v) is 10.6. The molecule has 100 valence electrons. The number of nitrogens with zero attached hydrogens (tertiary/aromatic N) is 4. The van der Waals surface area contributed by atoms with E-state index in [9.17, 15) is 18.3 Å². The van der Waals surface area contributed by atoms with E-state index in [2.05, 4.69) is 20.6 Å². The number of H-pyrrole nitrogens is 1. The molecule has 19 heavy (non-hydrogen) atoms. The fourth-order valence-corrected chi connectivity index (χ4v) is 1.90. The Morgan fingerprint density at radius 3 is 2.79 bits per heavy atom. The Kier molecular flexibility index (Phi) is 3.36. The lowest BCUT2D eigenvalue weighted by molar-refractivity contribution is 0.104. The van der Waals surface area contributed by atoms with Crippen LogP contribution in [-0.4, -0.2) is 43.9 Å². The number of nitrogens with one attached hydrogen (secondary N) is 1. The number of ketones is 1. The largest absolute Gasteiger partial charge is 0.504 e. The second-order valence-electron chi connectivity index (χ2n) is 3.30. The van der Waals surface area contributed by atoms with Gasteiger partial charge in [-0.3, -0.25) is 4.79 Å². The van der Waals surface area contributed by atoms with Gasteiger partial charge in [-0.2, -0.15) is 13.6 Å². The van der Waals surface area contributed by atoms with Crippen LogP contribution >= 0.6 is 10.7 Å². The summed E-state index contributed by atoms with van der Waals surface area (Å²) in [5.41, 5.74) is 0.0271. The van der Waals surface area contributed by atoms with E-state index in [1.54, 1.807) is 0 Å². The van der Waals surface area contributed by atoms with Gasteiger partial charge in [-0.25, -0.2) is 3.97 Å². The number of hydrogen-bond acceptors (Lipinski definition) is 7. The van der Waals surface area contributed by atoms with Crippen LogP contribution in [0, 0.1) is 0 Å². The zero-order chi connectivity index (χ0) is 14.0. The zero-order valence-electron chi connectivity index (χ0n) is 9.06. The van der Waals surface area contributed by atoms with E-state index in [1.807, 2.05) is 0 Å². The van der Waals surface area contributed by atoms with Crippen molar-refractivity contribution < 1.29 is 18.3 Å². The van der Waals surface area contributed by atoms with Gasteiger partial charge in [-0.1, -0.05) is 0 Å². The van der Waals surface area contributed by atoms with E-state index in [-0.39, 0.29) is 11.4 Å². The van der Waals surface area contributed by atoms with Gasteiger partial charge in [0, 0.05) is 34.7 Å². The summed E-state index contributed by atoms with van der Waals surface area (Å²) >= 11 is 0. The minimum Gasteiger partial charge on any atom is -0.504 e. The van der Waals surface area contributed by atoms with Crippen LogP contribution in [0.1, 0.15) is 16.2 Å². The van der Waals surface area contributed by atoms with Crippen molar-refractivity contribution in [2.75, 3.05) is 0 Å². The Hall–Kier alpha value is -2.20. The number of hydrogen-bond donors (Lipinski definition) is 2. The Morgan fingerprint density at radius 1 is 1.53 bits per heavy atom. The molecule has 0 radical (unpaired) electrons. The third-order valence-electron chi connectivity index (χ3n) is 2.05. The quantitative estimate of drug-likeness (QED) is 0.355. The monoisotopic (exact) mass is 303 g/mol. The minimum absolute atomic E-state index is 0.0271. The molecule has 2 N–H and O–H groups in total. The number of carbonyl (C=O) groups is 1. The average Bonchev–Trinajstić information content (AvgIpc) is 3.00. The lowest BCUT2D eigenvalue weighted by Crippen LogP contribution is -2.02. The molecule has 0 bridgehead atoms. The topological polar surface area (TPSA) is 131 Å². The number of aliphatic hydroxyl groups excluding tert-OH is 1. The molecule has 0 aliphatic heterocycles. The molecule has 9 nitrogen and oxygen atoms in total. The normalized spacial score (nSPS) is 12.6. The van der Waals surface area contributed by atoms with Crippen LogP contribution in [0.4, 0.5) is 0 Å². The number of halogens is 1. The predicted molar refractivity (Wildman–Crippen MR) is 63.7 cm³/mol. The Morgan fingerprint density at radius 2 is 2.26 bits per heavy atom. The molecule has 0 fully saturated rings. The van der Waals surface area contributed by atoms with Gasteiger partial charge >= 0.3 is 9.24 Å². The average molecular weight is 304 g/mol. The first kappa shape index (κ1) is 13.2. The molecule has 0 aliphatic carbocycles. The summed E-state index contributed by atoms with van der Waals surface area (Å²) in [6.45, 7) is 0. The Labute approximate surface area is 111 Å². The molecule has 2 rings (SSSR count). The van der Waals surface area contributed by atoms with Crippen molar-refractivity contribution >= 4 is 31.5 Å². The van der Waals surface area contributed by atoms with Crippen molar-refractivity contribution in [1.29, 1.82) is 0 Å². The molecule has 0 aliphatic rings. The summed E-state index contributed by atoms with van der Waals surface area (Å²) in [6, 6.07) is 1.24. The van der Waals surface area contributed by atoms with Gasteiger partial charge in [0.2, 0.25) is 5.82 Å². The van der Waals surface area contributed by atoms with Gasteiger partial charge in [-0.05, 0) is 11.3 Å². The molecule has 0 aromatic carbocycles. The summed E-state index contributed by atoms with van der Waals surface area (Å²) in [6.07, 6.45) is 2.96. The summed E-state index contributed by atoms with van der Waals surface area (Å²) in [5.74, 6) is -1.29. The Bertz CT molecular complexity index is 733. The molecule has 0 spiro atoms. The maximum absolute atomic E-state index is 11.7. The molecule has 2 aromatic heterocycles. The highest BCUT2D eigenvalue weighted by molar-refractivity contribution is 8.12. The van der Waals surface area contributed by atoms with Crippen molar-refractivity contribution in [1.82, 2.24) is 24.6 Å². The summed E-state index contributed by atoms with van der Waals surface area (Å²) in [5, 5.41) is 21.8. The lowest BCUT2D eigenvalue weighted by atomic mass is 10.2. The van der Waals surface area contributed by atoms with E-state index in [0.717, 1.165) is 18.5 Å². The first-order valence-electron chi connectivity index (χ1n) is 4.70. The molecule has 0 saturated carbocycles. The maximum atomic E-state index is 11.7. The van der Waals surface area contributed by atoms with Crippen molar-refractivity contribution in [2.45, 2.75) is 0 Å². The van der Waals surface area contributed by atoms with E-state index in [4.69, 9.17) is 10.7 Å². The molecule has 2 aromatic rings. The van der Waals surface area contributed by atoms with Gasteiger partial charge < -0.3 is 5.11 Å². The van der Waals surface area contributed by atoms with E-state index in [1.165, 1.54) is 6.07 Å². The molecular formula is C8H6ClN5O4S. The second-order valence-corrected chi connectivity index (χ2v) is 5.72. The van der Waals surface area contributed by atoms with Gasteiger partial charge in [0.05, 0.1) is 0 Å². The molecule has 0 unspecified atom stereocenters. The van der Waals surface area contributed by atoms with Crippen molar-refractivity contribution in [3.63, 3.8) is 0 Å². The van der Waals surface area contributed by atoms with Gasteiger partial charge in [0.25, 0.3) is 0 Å². The SMILES string of the molecule is O=C(C=C(O)c1nn[nH]n1)c1ccn(S(=O)(=O)Cl)c1. The summed E-state index contributed by atoms with van der Waals surface area (Å²) < 4.78 is 22.7. The number of rotatable bonds is 4. The molecule has 0 saturated heterocycles. The molecule has 0 amide bonds. The van der Waals surface area contributed by atoms with E-state index < -0.39 is 20.8 Å². The highest BCUT2D eigenvalue weighted by atomic mass is 35.7. The summed E-state index contributed by atoms with van der Waals surface area (Å²) in [4.78, 5) is 11.7. The van der Waals surface area contributed by atoms with Crippen molar-refractivity contribution in [3.8, 4) is 0 Å². The smallest absolute Gasteiger partial charge is 0.324 e. The first-order valence-corrected chi connectivity index (χ1v) is 6.96. The van der Waals surface area contributed by atoms with Crippen LogP contribution in [0.5, 0.6) is 0 Å². The van der Waals surface area contributed by atoms with E-state index >= 15 is 0 Å². The Balaban J connectivity index is 2.26. The highest BCUT2D eigenvalue weighted by Gasteiger charge is 2.13. The number of aliphatic hydroxyl groups is 1. The molecule has 2 heterocycles. The fraction of sp³-hybridized carbons (Fsp3) is 0. The van der Waals surface area contributed by atoms with Crippen LogP contribution in [0.15, 0.2) is 24.5 Å². The van der Waals surface area contributed by atoms with Gasteiger partial charge in [0.15, 0.2) is 11.5 Å². The number of allylic oxidation sites excluding steroid dienone is 1. The number of tetrazole rings is 1. The number of aromatic nitrogens is 5. The highest BCUT2D eigenvalue weighted by Crippen LogP contribution is 2.11. The van der Waals surface area contributed by atoms with Crippen molar-refractivity contribution in [2.24, 2.45) is 0 Å². The van der Waals surface area contributed by atoms with Gasteiger partial charge in [-0.15, -0.1) is 10.2 Å². The first-order chi connectivity index (χ1) is 8.88. The molecule has 11 heteroatoms. The van der Waals surface area contributed by atoms with Crippen LogP contribution in [0.2, 0.25) is 0 Å². The third-order valence-corrected chi connectivity index (χ3v) is 3.25. The van der Waals surface area contributed by atoms with E-state index in [0.29, 0.717) is 3.97 Å². The minimum atomic E-state index is -3.97. The summed E-state index contributed by atoms with van der Waals surface area (Å²) in [7, 11) is 1.12. The lowest BCUT2D eigenvalue weighted by Gasteiger charge is -1.94. The van der Waals surface area contributed by atoms with Crippen LogP contribution in [-0.2, 0) is 9.24 Å². The van der Waals surface area contributed by atoms with Crippen LogP contribution < -0.4 is 0 Å². The number of carbonyl (C=O) groups excluding carboxylic acids is 1. The molecule has 0 atom stereocenters. The molecular weight excluding hydrogens is 298 g/mol. The third kappa shape index (κ3) is 2.98. The predicted octanol–water partition coefficient (Wildman–Crippen LogP) is 0.115. The number of aromatic amines is 1.